The molecule has 1 aromatic rings. The molecular weight excluding hydrogens is 398 g/mol. The van der Waals surface area contributed by atoms with Crippen molar-refractivity contribution in [3.63, 3.8) is 0 Å². The van der Waals surface area contributed by atoms with E-state index in [-0.39, 0.29) is 12.1 Å². The molecule has 2 heterocycles. The number of rotatable bonds is 8. The molecular formula is C23H33N3O3S. The van der Waals surface area contributed by atoms with E-state index >= 15 is 0 Å². The number of ether oxygens (including phenoxy) is 1. The minimum Gasteiger partial charge on any atom is -0.383 e. The van der Waals surface area contributed by atoms with Crippen molar-refractivity contribution < 1.29 is 13.2 Å². The minimum atomic E-state index is -3.25. The number of likely N-dealkylation sites (tertiary alicyclic amines) is 1. The molecule has 1 aliphatic carbocycles. The lowest BCUT2D eigenvalue weighted by molar-refractivity contribution is 0.166. The molecule has 2 aliphatic heterocycles. The van der Waals surface area contributed by atoms with Gasteiger partial charge in [-0.25, -0.2) is 8.42 Å². The molecule has 2 atom stereocenters. The summed E-state index contributed by atoms with van der Waals surface area (Å²) in [4.78, 5) is 7.55. The molecule has 1 aromatic carbocycles. The van der Waals surface area contributed by atoms with Gasteiger partial charge in [-0.1, -0.05) is 30.3 Å². The lowest BCUT2D eigenvalue weighted by Crippen LogP contribution is -2.43. The van der Waals surface area contributed by atoms with Gasteiger partial charge in [0.05, 0.1) is 18.9 Å². The van der Waals surface area contributed by atoms with Crippen LogP contribution in [0, 0.1) is 0 Å². The predicted octanol–water partition coefficient (Wildman–Crippen LogP) is 3.04. The van der Waals surface area contributed by atoms with Gasteiger partial charge in [0.15, 0.2) is 0 Å². The van der Waals surface area contributed by atoms with E-state index in [1.165, 1.54) is 41.5 Å². The highest BCUT2D eigenvalue weighted by atomic mass is 32.2. The zero-order valence-electron chi connectivity index (χ0n) is 18.1. The maximum Gasteiger partial charge on any atom is 0.211 e. The van der Waals surface area contributed by atoms with Crippen molar-refractivity contribution >= 4 is 15.7 Å². The molecule has 0 amide bonds. The first kappa shape index (κ1) is 21.7. The summed E-state index contributed by atoms with van der Waals surface area (Å²) < 4.78 is 31.4. The normalized spacial score (nSPS) is 25.1. The second-order valence-electron chi connectivity index (χ2n) is 8.64. The molecule has 0 radical (unpaired) electrons. The summed E-state index contributed by atoms with van der Waals surface area (Å²) in [5, 5.41) is 0. The van der Waals surface area contributed by atoms with Crippen LogP contribution in [0.3, 0.4) is 0 Å². The molecule has 0 N–H and O–H groups in total. The summed E-state index contributed by atoms with van der Waals surface area (Å²) in [7, 11) is -1.64. The molecule has 0 aromatic heterocycles. The van der Waals surface area contributed by atoms with Crippen LogP contribution in [0.4, 0.5) is 0 Å². The van der Waals surface area contributed by atoms with Crippen LogP contribution in [0.5, 0.6) is 0 Å². The fraction of sp³-hybridized carbons (Fsp3) is 0.609. The molecule has 4 rings (SSSR count). The van der Waals surface area contributed by atoms with E-state index in [0.29, 0.717) is 13.2 Å². The van der Waals surface area contributed by atoms with Crippen LogP contribution in [-0.4, -0.2) is 75.5 Å². The Balaban J connectivity index is 1.51. The first-order chi connectivity index (χ1) is 14.5. The number of hydrogen-bond donors (Lipinski definition) is 0. The summed E-state index contributed by atoms with van der Waals surface area (Å²) in [6.45, 7) is 3.40. The Morgan fingerprint density at radius 2 is 1.97 bits per heavy atom. The Kier molecular flexibility index (Phi) is 6.72. The zero-order chi connectivity index (χ0) is 21.1. The number of allylic oxidation sites excluding steroid dienone is 1. The quantitative estimate of drug-likeness (QED) is 0.635. The van der Waals surface area contributed by atoms with E-state index in [9.17, 15) is 8.42 Å². The fourth-order valence-corrected chi connectivity index (χ4v) is 6.22. The van der Waals surface area contributed by atoms with Crippen LogP contribution in [0.1, 0.15) is 43.7 Å². The molecule has 164 valence electrons. The zero-order valence-corrected chi connectivity index (χ0v) is 18.9. The van der Waals surface area contributed by atoms with Gasteiger partial charge >= 0.3 is 0 Å². The SMILES string of the molecule is COCCN(C1CCN(CC2=C3CCCCC3=NC2c2ccccc2)C1)S(C)(=O)=O. The average Bonchev–Trinajstić information content (AvgIpc) is 3.33. The maximum absolute atomic E-state index is 12.3. The highest BCUT2D eigenvalue weighted by molar-refractivity contribution is 7.88. The average molecular weight is 432 g/mol. The van der Waals surface area contributed by atoms with Crippen LogP contribution in [0.25, 0.3) is 0 Å². The standard InChI is InChI=1S/C23H33N3O3S/c1-29-15-14-26(30(2,27)28)19-12-13-25(16-19)17-21-20-10-6-7-11-22(20)24-23(21)18-8-4-3-5-9-18/h3-5,8-9,19,23H,6-7,10-17H2,1-2H3. The predicted molar refractivity (Wildman–Crippen MR) is 120 cm³/mol. The Bertz CT molecular complexity index is 911. The highest BCUT2D eigenvalue weighted by Gasteiger charge is 2.36. The number of nitrogens with zero attached hydrogens (tertiary/aromatic N) is 3. The number of aliphatic imine (C=N–C) groups is 1. The van der Waals surface area contributed by atoms with Crippen LogP contribution >= 0.6 is 0 Å². The van der Waals surface area contributed by atoms with Gasteiger partial charge in [0.25, 0.3) is 0 Å². The largest absolute Gasteiger partial charge is 0.383 e. The molecule has 0 spiro atoms. The van der Waals surface area contributed by atoms with Crippen molar-refractivity contribution in [1.82, 2.24) is 9.21 Å². The third-order valence-corrected chi connectivity index (χ3v) is 7.88. The second-order valence-corrected chi connectivity index (χ2v) is 10.6. The van der Waals surface area contributed by atoms with Crippen molar-refractivity contribution in [3.05, 3.63) is 47.0 Å². The van der Waals surface area contributed by atoms with Gasteiger partial charge in [-0.3, -0.25) is 9.89 Å². The van der Waals surface area contributed by atoms with Crippen LogP contribution in [0.15, 0.2) is 46.5 Å². The van der Waals surface area contributed by atoms with Crippen molar-refractivity contribution in [2.75, 3.05) is 46.2 Å². The number of hydrogen-bond acceptors (Lipinski definition) is 5. The third kappa shape index (κ3) is 4.69. The van der Waals surface area contributed by atoms with E-state index in [1.54, 1.807) is 11.4 Å². The number of sulfonamides is 1. The van der Waals surface area contributed by atoms with Crippen molar-refractivity contribution in [2.45, 2.75) is 44.2 Å². The van der Waals surface area contributed by atoms with E-state index in [2.05, 4.69) is 35.2 Å². The molecule has 1 saturated heterocycles. The van der Waals surface area contributed by atoms with Crippen LogP contribution in [0.2, 0.25) is 0 Å². The molecule has 3 aliphatic rings. The third-order valence-electron chi connectivity index (χ3n) is 6.55. The first-order valence-electron chi connectivity index (χ1n) is 11.0. The van der Waals surface area contributed by atoms with E-state index in [4.69, 9.17) is 9.73 Å². The smallest absolute Gasteiger partial charge is 0.211 e. The molecule has 7 heteroatoms. The van der Waals surface area contributed by atoms with Crippen LogP contribution < -0.4 is 0 Å². The van der Waals surface area contributed by atoms with Crippen molar-refractivity contribution in [1.29, 1.82) is 0 Å². The molecule has 30 heavy (non-hydrogen) atoms. The number of methoxy groups -OCH3 is 1. The van der Waals surface area contributed by atoms with Crippen LogP contribution in [-0.2, 0) is 14.8 Å². The summed E-state index contributed by atoms with van der Waals surface area (Å²) in [6.07, 6.45) is 6.85. The Hall–Kier alpha value is -1.54. The molecule has 1 saturated carbocycles. The number of benzene rings is 1. The van der Waals surface area contributed by atoms with E-state index < -0.39 is 10.0 Å². The molecule has 0 bridgehead atoms. The summed E-state index contributed by atoms with van der Waals surface area (Å²) in [5.74, 6) is 0. The lowest BCUT2D eigenvalue weighted by atomic mass is 9.88. The Labute approximate surface area is 180 Å². The van der Waals surface area contributed by atoms with E-state index in [0.717, 1.165) is 38.9 Å². The topological polar surface area (TPSA) is 62.2 Å². The summed E-state index contributed by atoms with van der Waals surface area (Å²) in [6, 6.07) is 10.7. The molecule has 2 unspecified atom stereocenters. The molecule has 6 nitrogen and oxygen atoms in total. The highest BCUT2D eigenvalue weighted by Crippen LogP contribution is 2.40. The maximum atomic E-state index is 12.3. The van der Waals surface area contributed by atoms with Gasteiger partial charge < -0.3 is 4.74 Å². The van der Waals surface area contributed by atoms with Crippen molar-refractivity contribution in [2.24, 2.45) is 4.99 Å². The van der Waals surface area contributed by atoms with Gasteiger partial charge in [-0.05, 0) is 48.8 Å². The van der Waals surface area contributed by atoms with Gasteiger partial charge in [-0.15, -0.1) is 0 Å². The monoisotopic (exact) mass is 431 g/mol. The van der Waals surface area contributed by atoms with Gasteiger partial charge in [0, 0.05) is 45.0 Å². The van der Waals surface area contributed by atoms with E-state index in [1.807, 2.05) is 0 Å². The summed E-state index contributed by atoms with van der Waals surface area (Å²) >= 11 is 0. The lowest BCUT2D eigenvalue weighted by Gasteiger charge is -2.27. The van der Waals surface area contributed by atoms with Gasteiger partial charge in [0.1, 0.15) is 0 Å². The fourth-order valence-electron chi connectivity index (χ4n) is 5.10. The Morgan fingerprint density at radius 1 is 1.20 bits per heavy atom. The molecule has 2 fully saturated rings. The Morgan fingerprint density at radius 3 is 2.70 bits per heavy atom. The van der Waals surface area contributed by atoms with Gasteiger partial charge in [-0.2, -0.15) is 4.31 Å². The number of fused-ring (bicyclic) bond motifs is 1. The van der Waals surface area contributed by atoms with Crippen molar-refractivity contribution in [3.8, 4) is 0 Å². The second kappa shape index (κ2) is 9.30. The first-order valence-corrected chi connectivity index (χ1v) is 12.8. The van der Waals surface area contributed by atoms with Gasteiger partial charge in [0.2, 0.25) is 10.0 Å². The minimum absolute atomic E-state index is 0.0177. The summed E-state index contributed by atoms with van der Waals surface area (Å²) in [5.41, 5.74) is 5.46.